The number of unbranched alkanes of at least 4 members (excludes halogenated alkanes) is 46. The zero-order chi connectivity index (χ0) is 60.5. The molecule has 0 aromatic carbocycles. The highest BCUT2D eigenvalue weighted by Crippen LogP contribution is 2.38. The first-order valence-electron chi connectivity index (χ1n) is 36.2. The fraction of sp³-hybridized carbons (Fsp3) is 0.851. The smallest absolute Gasteiger partial charge is 0.268 e. The molecule has 0 aromatic heterocycles. The lowest BCUT2D eigenvalue weighted by Crippen LogP contribution is -2.45. The molecule has 1 amide bonds. The van der Waals surface area contributed by atoms with Crippen molar-refractivity contribution in [3.8, 4) is 0 Å². The van der Waals surface area contributed by atoms with Crippen LogP contribution in [0.2, 0.25) is 0 Å². The van der Waals surface area contributed by atoms with Crippen LogP contribution >= 0.6 is 7.82 Å². The van der Waals surface area contributed by atoms with Gasteiger partial charge in [0.25, 0.3) is 7.82 Å². The SMILES string of the molecule is CCCCCCC/C=C\C/C=C\CCCCCCCCCCCCCCCCCCCCCCCCCC(=O)NC(COP(=O)([O-])OCC[N+](C)(C)C)C(O)/C=C/CC/C=C/CC/C=C/CCCCCCCCCCCCCCCCCC. The van der Waals surface area contributed by atoms with Crippen molar-refractivity contribution < 1.29 is 32.9 Å². The molecule has 3 unspecified atom stereocenters. The number of rotatable bonds is 67. The number of aliphatic hydroxyl groups excluding tert-OH is 1. The average Bonchev–Trinajstić information content (AvgIpc) is 3.49. The Morgan fingerprint density at radius 2 is 0.711 bits per heavy atom. The van der Waals surface area contributed by atoms with E-state index in [9.17, 15) is 19.4 Å². The highest BCUT2D eigenvalue weighted by atomic mass is 31.2. The molecule has 0 rings (SSSR count). The molecule has 0 radical (unpaired) electrons. The Kier molecular flexibility index (Phi) is 63.3. The van der Waals surface area contributed by atoms with Crippen LogP contribution in [0.5, 0.6) is 0 Å². The second-order valence-electron chi connectivity index (χ2n) is 25.9. The molecule has 9 heteroatoms. The van der Waals surface area contributed by atoms with Crippen molar-refractivity contribution in [3.05, 3.63) is 60.8 Å². The number of nitrogens with one attached hydrogen (secondary N) is 1. The summed E-state index contributed by atoms with van der Waals surface area (Å²) in [4.78, 5) is 25.6. The monoisotopic (exact) mass is 1190 g/mol. The van der Waals surface area contributed by atoms with Gasteiger partial charge in [-0.2, -0.15) is 0 Å². The number of amides is 1. The molecule has 0 saturated heterocycles. The normalized spacial score (nSPS) is 14.0. The first-order valence-corrected chi connectivity index (χ1v) is 37.6. The van der Waals surface area contributed by atoms with Gasteiger partial charge in [0.05, 0.1) is 39.9 Å². The predicted octanol–water partition coefficient (Wildman–Crippen LogP) is 22.5. The third kappa shape index (κ3) is 67.6. The molecule has 0 aliphatic rings. The summed E-state index contributed by atoms with van der Waals surface area (Å²) in [6.07, 6.45) is 89.3. The van der Waals surface area contributed by atoms with Crippen LogP contribution < -0.4 is 10.2 Å². The van der Waals surface area contributed by atoms with Crippen molar-refractivity contribution in [1.29, 1.82) is 0 Å². The quantitative estimate of drug-likeness (QED) is 0.0272. The zero-order valence-electron chi connectivity index (χ0n) is 55.9. The summed E-state index contributed by atoms with van der Waals surface area (Å²) >= 11 is 0. The number of hydrogen-bond acceptors (Lipinski definition) is 6. The third-order valence-corrected chi connectivity index (χ3v) is 17.4. The topological polar surface area (TPSA) is 108 Å². The first-order chi connectivity index (χ1) is 40.5. The van der Waals surface area contributed by atoms with Crippen LogP contribution in [0.15, 0.2) is 60.8 Å². The van der Waals surface area contributed by atoms with Gasteiger partial charge >= 0.3 is 0 Å². The van der Waals surface area contributed by atoms with Crippen LogP contribution in [0.1, 0.15) is 354 Å². The minimum Gasteiger partial charge on any atom is -0.756 e. The number of hydrogen-bond donors (Lipinski definition) is 2. The molecular formula is C74H141N2O6P. The number of carbonyl (C=O) groups is 1. The maximum atomic E-state index is 13.0. The van der Waals surface area contributed by atoms with Gasteiger partial charge in [0.2, 0.25) is 5.91 Å². The summed E-state index contributed by atoms with van der Waals surface area (Å²) in [5, 5.41) is 13.9. The molecule has 0 aromatic rings. The van der Waals surface area contributed by atoms with Crippen molar-refractivity contribution in [3.63, 3.8) is 0 Å². The highest BCUT2D eigenvalue weighted by Gasteiger charge is 2.23. The van der Waals surface area contributed by atoms with Crippen LogP contribution in [-0.2, 0) is 18.4 Å². The van der Waals surface area contributed by atoms with Crippen molar-refractivity contribution in [2.24, 2.45) is 0 Å². The maximum Gasteiger partial charge on any atom is 0.268 e. The Bertz CT molecular complexity index is 1540. The molecule has 0 aliphatic heterocycles. The molecule has 2 N–H and O–H groups in total. The molecule has 8 nitrogen and oxygen atoms in total. The Labute approximate surface area is 517 Å². The Hall–Kier alpha value is -1.80. The summed E-state index contributed by atoms with van der Waals surface area (Å²) in [5.74, 6) is -0.205. The van der Waals surface area contributed by atoms with Gasteiger partial charge in [-0.05, 0) is 77.0 Å². The van der Waals surface area contributed by atoms with Crippen LogP contribution in [0.4, 0.5) is 0 Å². The van der Waals surface area contributed by atoms with E-state index in [1.54, 1.807) is 6.08 Å². The molecule has 488 valence electrons. The van der Waals surface area contributed by atoms with E-state index in [4.69, 9.17) is 9.05 Å². The lowest BCUT2D eigenvalue weighted by molar-refractivity contribution is -0.870. The number of phosphoric acid groups is 1. The second-order valence-corrected chi connectivity index (χ2v) is 27.3. The molecule has 0 bridgehead atoms. The summed E-state index contributed by atoms with van der Waals surface area (Å²) < 4.78 is 23.4. The second kappa shape index (κ2) is 64.7. The number of nitrogens with zero attached hydrogens (tertiary/aromatic N) is 1. The van der Waals surface area contributed by atoms with E-state index in [1.807, 2.05) is 27.2 Å². The zero-order valence-corrected chi connectivity index (χ0v) is 56.8. The lowest BCUT2D eigenvalue weighted by Gasteiger charge is -2.29. The van der Waals surface area contributed by atoms with Gasteiger partial charge in [0.15, 0.2) is 0 Å². The number of quaternary nitrogens is 1. The number of carbonyl (C=O) groups excluding carboxylic acids is 1. The Balaban J connectivity index is 4.06. The number of allylic oxidation sites excluding steroid dienone is 9. The van der Waals surface area contributed by atoms with Gasteiger partial charge in [-0.3, -0.25) is 9.36 Å². The molecule has 83 heavy (non-hydrogen) atoms. The summed E-state index contributed by atoms with van der Waals surface area (Å²) in [6.45, 7) is 4.66. The minimum absolute atomic E-state index is 0.00859. The van der Waals surface area contributed by atoms with Crippen LogP contribution in [0.25, 0.3) is 0 Å². The molecule has 0 fully saturated rings. The van der Waals surface area contributed by atoms with Crippen molar-refractivity contribution >= 4 is 13.7 Å². The van der Waals surface area contributed by atoms with Gasteiger partial charge in [-0.25, -0.2) is 0 Å². The van der Waals surface area contributed by atoms with Gasteiger partial charge in [-0.15, -0.1) is 0 Å². The fourth-order valence-corrected chi connectivity index (χ4v) is 11.5. The first kappa shape index (κ1) is 81.2. The van der Waals surface area contributed by atoms with E-state index in [0.717, 1.165) is 51.4 Å². The summed E-state index contributed by atoms with van der Waals surface area (Å²) in [6, 6.07) is -0.912. The van der Waals surface area contributed by atoms with Crippen LogP contribution in [-0.4, -0.2) is 68.5 Å². The maximum absolute atomic E-state index is 13.0. The summed E-state index contributed by atoms with van der Waals surface area (Å²) in [7, 11) is 1.25. The molecular weight excluding hydrogens is 1040 g/mol. The van der Waals surface area contributed by atoms with Gasteiger partial charge in [0.1, 0.15) is 13.2 Å². The molecule has 0 spiro atoms. The number of phosphoric ester groups is 1. The van der Waals surface area contributed by atoms with Crippen LogP contribution in [0, 0.1) is 0 Å². The largest absolute Gasteiger partial charge is 0.756 e. The van der Waals surface area contributed by atoms with E-state index in [1.165, 1.54) is 283 Å². The Morgan fingerprint density at radius 1 is 0.422 bits per heavy atom. The van der Waals surface area contributed by atoms with E-state index >= 15 is 0 Å². The van der Waals surface area contributed by atoms with Crippen molar-refractivity contribution in [2.45, 2.75) is 366 Å². The lowest BCUT2D eigenvalue weighted by atomic mass is 10.0. The predicted molar refractivity (Wildman–Crippen MR) is 362 cm³/mol. The number of aliphatic hydroxyl groups is 1. The average molecular weight is 1190 g/mol. The fourth-order valence-electron chi connectivity index (χ4n) is 10.8. The standard InChI is InChI=1S/C74H141N2O6P/c1-6-8-10-12-14-16-18-20-22-24-26-28-30-32-34-35-36-37-38-39-40-41-42-44-46-48-50-52-54-56-58-60-62-64-66-68-74(78)75-72(71-82-83(79,80)81-70-69-76(3,4)5)73(77)67-65-63-61-59-57-55-53-51-49-47-45-43-33-31-29-27-25-23-21-19-17-15-13-11-9-7-2/h18,20,24,26,49,51,57,59,65,67,72-73,77H,6-17,19,21-23,25,27-48,50,52-56,58,60-64,66,68-71H2,1-5H3,(H-,75,78,79,80)/b20-18-,26-24-,51-49+,59-57+,67-65+. The van der Waals surface area contributed by atoms with Crippen LogP contribution in [0.3, 0.4) is 0 Å². The van der Waals surface area contributed by atoms with Gasteiger partial charge < -0.3 is 28.8 Å². The van der Waals surface area contributed by atoms with Crippen molar-refractivity contribution in [1.82, 2.24) is 5.32 Å². The summed E-state index contributed by atoms with van der Waals surface area (Å²) in [5.41, 5.74) is 0. The van der Waals surface area contributed by atoms with E-state index < -0.39 is 26.6 Å². The minimum atomic E-state index is -4.62. The van der Waals surface area contributed by atoms with Crippen molar-refractivity contribution in [2.75, 3.05) is 40.9 Å². The van der Waals surface area contributed by atoms with Gasteiger partial charge in [-0.1, -0.05) is 331 Å². The van der Waals surface area contributed by atoms with E-state index in [0.29, 0.717) is 17.4 Å². The Morgan fingerprint density at radius 3 is 1.05 bits per heavy atom. The molecule has 0 saturated carbocycles. The number of likely N-dealkylation sites (N-methyl/N-ethyl adjacent to an activating group) is 1. The molecule has 3 atom stereocenters. The third-order valence-electron chi connectivity index (χ3n) is 16.4. The highest BCUT2D eigenvalue weighted by molar-refractivity contribution is 7.45. The van der Waals surface area contributed by atoms with Gasteiger partial charge in [0, 0.05) is 6.42 Å². The van der Waals surface area contributed by atoms with E-state index in [-0.39, 0.29) is 12.5 Å². The van der Waals surface area contributed by atoms with E-state index in [2.05, 4.69) is 67.8 Å². The molecule has 0 heterocycles. The molecule has 0 aliphatic carbocycles.